The third-order valence-electron chi connectivity index (χ3n) is 3.27. The summed E-state index contributed by atoms with van der Waals surface area (Å²) >= 11 is 7.17. The number of halogens is 1. The molecule has 1 unspecified atom stereocenters. The Morgan fingerprint density at radius 3 is 2.67 bits per heavy atom. The van der Waals surface area contributed by atoms with Crippen LogP contribution < -0.4 is 0 Å². The van der Waals surface area contributed by atoms with E-state index in [2.05, 4.69) is 23.4 Å². The maximum atomic E-state index is 10.8. The zero-order chi connectivity index (χ0) is 15.4. The van der Waals surface area contributed by atoms with E-state index in [1.807, 2.05) is 30.5 Å². The minimum absolute atomic E-state index is 0.00745. The lowest BCUT2D eigenvalue weighted by atomic mass is 10.1. The predicted octanol–water partition coefficient (Wildman–Crippen LogP) is 3.88. The lowest BCUT2D eigenvalue weighted by molar-refractivity contribution is -0.133. The maximum absolute atomic E-state index is 10.8. The Kier molecular flexibility index (Phi) is 5.31. The number of thioether (sulfide) groups is 1. The number of benzene rings is 1. The molecule has 1 heterocycles. The van der Waals surface area contributed by atoms with E-state index < -0.39 is 5.97 Å². The van der Waals surface area contributed by atoms with Gasteiger partial charge in [0.2, 0.25) is 0 Å². The van der Waals surface area contributed by atoms with Crippen LogP contribution in [0.1, 0.15) is 31.1 Å². The molecular weight excluding hydrogens is 308 g/mol. The quantitative estimate of drug-likeness (QED) is 0.819. The second-order valence-electron chi connectivity index (χ2n) is 4.67. The fraction of sp³-hybridized carbons (Fsp3) is 0.333. The lowest BCUT2D eigenvalue weighted by Crippen LogP contribution is -2.12. The molecule has 2 rings (SSSR count). The topological polar surface area (TPSA) is 55.1 Å². The third-order valence-corrected chi connectivity index (χ3v) is 4.47. The van der Waals surface area contributed by atoms with Crippen LogP contribution in [0.3, 0.4) is 0 Å². The average Bonchev–Trinajstić information content (AvgIpc) is 2.88. The zero-order valence-corrected chi connectivity index (χ0v) is 13.5. The molecule has 0 saturated heterocycles. The first-order valence-electron chi connectivity index (χ1n) is 6.69. The molecule has 0 saturated carbocycles. The van der Waals surface area contributed by atoms with E-state index in [4.69, 9.17) is 16.7 Å². The fourth-order valence-electron chi connectivity index (χ4n) is 2.18. The first-order chi connectivity index (χ1) is 10.0. The van der Waals surface area contributed by atoms with E-state index in [0.717, 1.165) is 22.8 Å². The number of rotatable bonds is 6. The molecule has 0 radical (unpaired) electrons. The molecule has 6 heteroatoms. The molecule has 1 aromatic heterocycles. The molecule has 0 bridgehead atoms. The number of nitrogens with zero attached hydrogens (tertiary/aromatic N) is 2. The number of carboxylic acid groups (broad SMARTS) is 1. The summed E-state index contributed by atoms with van der Waals surface area (Å²) in [5.74, 6) is -0.834. The van der Waals surface area contributed by atoms with Crippen molar-refractivity contribution in [3.05, 3.63) is 46.7 Å². The fourth-order valence-corrected chi connectivity index (χ4v) is 3.10. The first-order valence-corrected chi connectivity index (χ1v) is 8.05. The van der Waals surface area contributed by atoms with Crippen LogP contribution in [0.4, 0.5) is 0 Å². The normalized spacial score (nSPS) is 12.3. The number of aryl methyl sites for hydroxylation is 1. The molecule has 0 fully saturated rings. The molecule has 21 heavy (non-hydrogen) atoms. The van der Waals surface area contributed by atoms with E-state index in [-0.39, 0.29) is 11.8 Å². The molecule has 4 nitrogen and oxygen atoms in total. The third kappa shape index (κ3) is 3.80. The Morgan fingerprint density at radius 1 is 1.43 bits per heavy atom. The number of aliphatic carboxylic acids is 1. The summed E-state index contributed by atoms with van der Waals surface area (Å²) in [5.41, 5.74) is 2.20. The van der Waals surface area contributed by atoms with Crippen molar-refractivity contribution in [3.8, 4) is 0 Å². The monoisotopic (exact) mass is 324 g/mol. The van der Waals surface area contributed by atoms with Crippen LogP contribution >= 0.6 is 23.4 Å². The summed E-state index contributed by atoms with van der Waals surface area (Å²) in [6.07, 6.45) is 2.66. The minimum atomic E-state index is -0.841. The molecule has 0 aliphatic heterocycles. The first kappa shape index (κ1) is 15.9. The Hall–Kier alpha value is -1.46. The van der Waals surface area contributed by atoms with Crippen molar-refractivity contribution in [2.45, 2.75) is 31.5 Å². The number of imidazole rings is 1. The average molecular weight is 325 g/mol. The molecule has 1 atom stereocenters. The number of hydrogen-bond donors (Lipinski definition) is 1. The Labute approximate surface area is 133 Å². The van der Waals surface area contributed by atoms with Crippen LogP contribution in [0, 0.1) is 0 Å². The van der Waals surface area contributed by atoms with Crippen LogP contribution in [-0.4, -0.2) is 26.4 Å². The highest BCUT2D eigenvalue weighted by atomic mass is 35.5. The number of carbonyl (C=O) groups is 1. The zero-order valence-electron chi connectivity index (χ0n) is 11.9. The van der Waals surface area contributed by atoms with E-state index in [0.29, 0.717) is 5.02 Å². The van der Waals surface area contributed by atoms with Gasteiger partial charge >= 0.3 is 5.97 Å². The van der Waals surface area contributed by atoms with Crippen molar-refractivity contribution in [2.75, 3.05) is 5.75 Å². The molecular formula is C15H17ClN2O2S. The molecule has 1 aromatic carbocycles. The summed E-state index contributed by atoms with van der Waals surface area (Å²) in [7, 11) is 0. The maximum Gasteiger partial charge on any atom is 0.313 e. The smallest absolute Gasteiger partial charge is 0.313 e. The van der Waals surface area contributed by atoms with Crippen molar-refractivity contribution >= 4 is 29.3 Å². The highest BCUT2D eigenvalue weighted by Gasteiger charge is 2.17. The van der Waals surface area contributed by atoms with Gasteiger partial charge in [-0.2, -0.15) is 0 Å². The summed E-state index contributed by atoms with van der Waals surface area (Å²) < 4.78 is 2.09. The van der Waals surface area contributed by atoms with Gasteiger partial charge in [-0.3, -0.25) is 4.79 Å². The van der Waals surface area contributed by atoms with Crippen molar-refractivity contribution < 1.29 is 9.90 Å². The summed E-state index contributed by atoms with van der Waals surface area (Å²) in [4.78, 5) is 15.1. The van der Waals surface area contributed by atoms with Crippen molar-refractivity contribution in [2.24, 2.45) is 0 Å². The van der Waals surface area contributed by atoms with Crippen molar-refractivity contribution in [1.82, 2.24) is 9.55 Å². The van der Waals surface area contributed by atoms with Gasteiger partial charge in [0.15, 0.2) is 5.16 Å². The molecule has 0 amide bonds. The number of carboxylic acids is 1. The molecule has 0 spiro atoms. The van der Waals surface area contributed by atoms with Crippen LogP contribution in [0.5, 0.6) is 0 Å². The minimum Gasteiger partial charge on any atom is -0.481 e. The van der Waals surface area contributed by atoms with Crippen LogP contribution in [-0.2, 0) is 11.2 Å². The Balaban J connectivity index is 2.33. The van der Waals surface area contributed by atoms with Crippen molar-refractivity contribution in [3.63, 3.8) is 0 Å². The second kappa shape index (κ2) is 7.00. The highest BCUT2D eigenvalue weighted by molar-refractivity contribution is 7.99. The van der Waals surface area contributed by atoms with Gasteiger partial charge < -0.3 is 9.67 Å². The van der Waals surface area contributed by atoms with Crippen LogP contribution in [0.2, 0.25) is 5.02 Å². The highest BCUT2D eigenvalue weighted by Crippen LogP contribution is 2.28. The van der Waals surface area contributed by atoms with Gasteiger partial charge in [0, 0.05) is 16.9 Å². The second-order valence-corrected chi connectivity index (χ2v) is 6.04. The Bertz CT molecular complexity index is 625. The summed E-state index contributed by atoms with van der Waals surface area (Å²) in [6.45, 7) is 4.14. The largest absolute Gasteiger partial charge is 0.481 e. The van der Waals surface area contributed by atoms with E-state index in [1.165, 1.54) is 11.8 Å². The van der Waals surface area contributed by atoms with Gasteiger partial charge in [0.25, 0.3) is 0 Å². The molecule has 0 aliphatic carbocycles. The van der Waals surface area contributed by atoms with Crippen LogP contribution in [0.25, 0.3) is 0 Å². The van der Waals surface area contributed by atoms with E-state index in [1.54, 1.807) is 0 Å². The van der Waals surface area contributed by atoms with E-state index in [9.17, 15) is 4.79 Å². The molecule has 0 aliphatic rings. The standard InChI is InChI=1S/C15H17ClN2O2S/c1-3-13-8-17-15(21-9-14(19)20)18(13)10(2)11-4-6-12(16)7-5-11/h4-8,10H,3,9H2,1-2H3,(H,19,20). The van der Waals surface area contributed by atoms with Gasteiger partial charge in [0.1, 0.15) is 0 Å². The Morgan fingerprint density at radius 2 is 2.10 bits per heavy atom. The van der Waals surface area contributed by atoms with Gasteiger partial charge in [-0.1, -0.05) is 42.4 Å². The van der Waals surface area contributed by atoms with Gasteiger partial charge in [0.05, 0.1) is 11.8 Å². The summed E-state index contributed by atoms with van der Waals surface area (Å²) in [5, 5.41) is 10.3. The molecule has 1 N–H and O–H groups in total. The van der Waals surface area contributed by atoms with Gasteiger partial charge in [-0.15, -0.1) is 0 Å². The SMILES string of the molecule is CCc1cnc(SCC(=O)O)n1C(C)c1ccc(Cl)cc1. The predicted molar refractivity (Wildman–Crippen MR) is 85.2 cm³/mol. The number of aromatic nitrogens is 2. The molecule has 2 aromatic rings. The lowest BCUT2D eigenvalue weighted by Gasteiger charge is -2.19. The molecule has 112 valence electrons. The van der Waals surface area contributed by atoms with Gasteiger partial charge in [-0.25, -0.2) is 4.98 Å². The van der Waals surface area contributed by atoms with Crippen LogP contribution in [0.15, 0.2) is 35.6 Å². The number of hydrogen-bond acceptors (Lipinski definition) is 3. The van der Waals surface area contributed by atoms with Crippen molar-refractivity contribution in [1.29, 1.82) is 0 Å². The van der Waals surface area contributed by atoms with E-state index >= 15 is 0 Å². The summed E-state index contributed by atoms with van der Waals surface area (Å²) in [6, 6.07) is 7.77. The van der Waals surface area contributed by atoms with Gasteiger partial charge in [-0.05, 0) is 31.0 Å².